The molecule has 0 heterocycles. The van der Waals surface area contributed by atoms with E-state index < -0.39 is 15.9 Å². The van der Waals surface area contributed by atoms with E-state index in [4.69, 9.17) is 9.47 Å². The number of para-hydroxylation sites is 1. The first-order valence-electron chi connectivity index (χ1n) is 10.9. The molecule has 0 aliphatic heterocycles. The average molecular weight is 483 g/mol. The molecule has 1 atom stereocenters. The SMILES string of the molecule is COc1ccc(S(=O)(=O)N(CC(=O)NC(C)COc2ccccc2C)c2ccc(C)cc2)cc1. The van der Waals surface area contributed by atoms with Gasteiger partial charge in [-0.1, -0.05) is 35.9 Å². The third kappa shape index (κ3) is 6.29. The number of benzene rings is 3. The molecule has 180 valence electrons. The van der Waals surface area contributed by atoms with Crippen LogP contribution in [0.4, 0.5) is 5.69 Å². The van der Waals surface area contributed by atoms with Gasteiger partial charge in [0.1, 0.15) is 24.7 Å². The monoisotopic (exact) mass is 482 g/mol. The van der Waals surface area contributed by atoms with Gasteiger partial charge in [-0.25, -0.2) is 8.42 Å². The Morgan fingerprint density at radius 1 is 0.971 bits per heavy atom. The van der Waals surface area contributed by atoms with Crippen molar-refractivity contribution in [3.05, 3.63) is 83.9 Å². The lowest BCUT2D eigenvalue weighted by Crippen LogP contribution is -2.45. The van der Waals surface area contributed by atoms with Gasteiger partial charge in [-0.3, -0.25) is 9.10 Å². The molecule has 0 aliphatic carbocycles. The highest BCUT2D eigenvalue weighted by Gasteiger charge is 2.27. The molecule has 3 rings (SSSR count). The van der Waals surface area contributed by atoms with Gasteiger partial charge in [-0.2, -0.15) is 0 Å². The van der Waals surface area contributed by atoms with Crippen LogP contribution in [0.2, 0.25) is 0 Å². The highest BCUT2D eigenvalue weighted by Crippen LogP contribution is 2.25. The summed E-state index contributed by atoms with van der Waals surface area (Å²) in [6.45, 7) is 5.56. The second kappa shape index (κ2) is 11.1. The van der Waals surface area contributed by atoms with Crippen molar-refractivity contribution in [3.8, 4) is 11.5 Å². The van der Waals surface area contributed by atoms with Crippen LogP contribution < -0.4 is 19.1 Å². The molecular weight excluding hydrogens is 452 g/mol. The fourth-order valence-electron chi connectivity index (χ4n) is 3.33. The van der Waals surface area contributed by atoms with Gasteiger partial charge in [-0.05, 0) is 68.8 Å². The van der Waals surface area contributed by atoms with Gasteiger partial charge in [0, 0.05) is 0 Å². The first kappa shape index (κ1) is 25.1. The number of methoxy groups -OCH3 is 1. The fraction of sp³-hybridized carbons (Fsp3) is 0.269. The number of carbonyl (C=O) groups excluding carboxylic acids is 1. The molecule has 1 N–H and O–H groups in total. The molecule has 0 aromatic heterocycles. The lowest BCUT2D eigenvalue weighted by molar-refractivity contribution is -0.120. The number of sulfonamides is 1. The summed E-state index contributed by atoms with van der Waals surface area (Å²) in [5.41, 5.74) is 2.38. The Morgan fingerprint density at radius 2 is 1.62 bits per heavy atom. The number of ether oxygens (including phenoxy) is 2. The van der Waals surface area contributed by atoms with E-state index in [9.17, 15) is 13.2 Å². The number of nitrogens with zero attached hydrogens (tertiary/aromatic N) is 1. The van der Waals surface area contributed by atoms with Crippen LogP contribution in [0.1, 0.15) is 18.1 Å². The molecule has 0 bridgehead atoms. The second-order valence-electron chi connectivity index (χ2n) is 8.07. The third-order valence-corrected chi connectivity index (χ3v) is 7.03. The number of aryl methyl sites for hydroxylation is 2. The van der Waals surface area contributed by atoms with Gasteiger partial charge in [0.15, 0.2) is 0 Å². The molecule has 1 unspecified atom stereocenters. The minimum atomic E-state index is -4.00. The molecule has 7 nitrogen and oxygen atoms in total. The van der Waals surface area contributed by atoms with Crippen molar-refractivity contribution in [3.63, 3.8) is 0 Å². The number of hydrogen-bond acceptors (Lipinski definition) is 5. The van der Waals surface area contributed by atoms with Crippen molar-refractivity contribution in [2.45, 2.75) is 31.7 Å². The zero-order valence-corrected chi connectivity index (χ0v) is 20.6. The quantitative estimate of drug-likeness (QED) is 0.471. The van der Waals surface area contributed by atoms with E-state index in [0.717, 1.165) is 21.2 Å². The molecule has 8 heteroatoms. The maximum Gasteiger partial charge on any atom is 0.264 e. The summed E-state index contributed by atoms with van der Waals surface area (Å²) in [6, 6.07) is 20.4. The number of amides is 1. The molecule has 3 aromatic carbocycles. The number of nitrogens with one attached hydrogen (secondary N) is 1. The van der Waals surface area contributed by atoms with Crippen LogP contribution in [0.5, 0.6) is 11.5 Å². The van der Waals surface area contributed by atoms with Crippen LogP contribution in [-0.2, 0) is 14.8 Å². The first-order valence-corrected chi connectivity index (χ1v) is 12.4. The zero-order chi connectivity index (χ0) is 24.7. The van der Waals surface area contributed by atoms with E-state index in [1.165, 1.54) is 19.2 Å². The Labute approximate surface area is 201 Å². The molecule has 34 heavy (non-hydrogen) atoms. The standard InChI is InChI=1S/C26H30N2O5S/c1-19-9-11-22(12-10-19)28(34(30,31)24-15-13-23(32-4)14-16-24)17-26(29)27-21(3)18-33-25-8-6-5-7-20(25)2/h5-16,21H,17-18H2,1-4H3,(H,27,29). The minimum Gasteiger partial charge on any atom is -0.497 e. The van der Waals surface area contributed by atoms with Crippen LogP contribution >= 0.6 is 0 Å². The molecule has 0 radical (unpaired) electrons. The normalized spacial score (nSPS) is 12.0. The largest absolute Gasteiger partial charge is 0.497 e. The van der Waals surface area contributed by atoms with E-state index >= 15 is 0 Å². The van der Waals surface area contributed by atoms with Crippen molar-refractivity contribution in [1.29, 1.82) is 0 Å². The van der Waals surface area contributed by atoms with Gasteiger partial charge in [0.25, 0.3) is 10.0 Å². The molecule has 0 saturated carbocycles. The number of hydrogen-bond donors (Lipinski definition) is 1. The van der Waals surface area contributed by atoms with Crippen molar-refractivity contribution in [2.75, 3.05) is 24.6 Å². The topological polar surface area (TPSA) is 84.9 Å². The van der Waals surface area contributed by atoms with Crippen LogP contribution in [0.25, 0.3) is 0 Å². The fourth-order valence-corrected chi connectivity index (χ4v) is 4.75. The van der Waals surface area contributed by atoms with Crippen LogP contribution in [0.15, 0.2) is 77.7 Å². The Hall–Kier alpha value is -3.52. The summed E-state index contributed by atoms with van der Waals surface area (Å²) >= 11 is 0. The number of rotatable bonds is 10. The number of carbonyl (C=O) groups is 1. The Bertz CT molecular complexity index is 1210. The predicted molar refractivity (Wildman–Crippen MR) is 133 cm³/mol. The molecule has 0 fully saturated rings. The Balaban J connectivity index is 1.76. The zero-order valence-electron chi connectivity index (χ0n) is 19.8. The van der Waals surface area contributed by atoms with E-state index in [0.29, 0.717) is 11.4 Å². The molecule has 0 saturated heterocycles. The van der Waals surface area contributed by atoms with Crippen molar-refractivity contribution < 1.29 is 22.7 Å². The van der Waals surface area contributed by atoms with Crippen molar-refractivity contribution >= 4 is 21.6 Å². The highest BCUT2D eigenvalue weighted by atomic mass is 32.2. The van der Waals surface area contributed by atoms with Gasteiger partial charge < -0.3 is 14.8 Å². The van der Waals surface area contributed by atoms with E-state index in [1.807, 2.05) is 57.2 Å². The molecular formula is C26H30N2O5S. The molecule has 1 amide bonds. The summed E-state index contributed by atoms with van der Waals surface area (Å²) in [5, 5.41) is 2.83. The summed E-state index contributed by atoms with van der Waals surface area (Å²) in [4.78, 5) is 12.9. The average Bonchev–Trinajstić information content (AvgIpc) is 2.82. The Morgan fingerprint density at radius 3 is 2.24 bits per heavy atom. The second-order valence-corrected chi connectivity index (χ2v) is 9.93. The summed E-state index contributed by atoms with van der Waals surface area (Å²) in [5.74, 6) is 0.853. The maximum absolute atomic E-state index is 13.5. The summed E-state index contributed by atoms with van der Waals surface area (Å²) in [7, 11) is -2.49. The smallest absolute Gasteiger partial charge is 0.264 e. The minimum absolute atomic E-state index is 0.0672. The van der Waals surface area contributed by atoms with Gasteiger partial charge >= 0.3 is 0 Å². The van der Waals surface area contributed by atoms with Crippen LogP contribution in [0, 0.1) is 13.8 Å². The maximum atomic E-state index is 13.5. The lowest BCUT2D eigenvalue weighted by Gasteiger charge is -2.25. The van der Waals surface area contributed by atoms with Crippen molar-refractivity contribution in [2.24, 2.45) is 0 Å². The summed E-state index contributed by atoms with van der Waals surface area (Å²) in [6.07, 6.45) is 0. The van der Waals surface area contributed by atoms with Crippen LogP contribution in [0.3, 0.4) is 0 Å². The van der Waals surface area contributed by atoms with Crippen molar-refractivity contribution in [1.82, 2.24) is 5.32 Å². The molecule has 0 spiro atoms. The number of anilines is 1. The van der Waals surface area contributed by atoms with E-state index in [1.54, 1.807) is 24.3 Å². The summed E-state index contributed by atoms with van der Waals surface area (Å²) < 4.78 is 39.0. The van der Waals surface area contributed by atoms with Gasteiger partial charge in [0.05, 0.1) is 23.7 Å². The third-order valence-electron chi connectivity index (χ3n) is 5.25. The van der Waals surface area contributed by atoms with E-state index in [2.05, 4.69) is 5.32 Å². The highest BCUT2D eigenvalue weighted by molar-refractivity contribution is 7.92. The molecule has 0 aliphatic rings. The van der Waals surface area contributed by atoms with E-state index in [-0.39, 0.29) is 24.1 Å². The lowest BCUT2D eigenvalue weighted by atomic mass is 10.2. The predicted octanol–water partition coefficient (Wildman–Crippen LogP) is 4.09. The Kier molecular flexibility index (Phi) is 8.17. The van der Waals surface area contributed by atoms with Crippen LogP contribution in [-0.4, -0.2) is 40.6 Å². The first-order chi connectivity index (χ1) is 16.2. The van der Waals surface area contributed by atoms with Gasteiger partial charge in [0.2, 0.25) is 5.91 Å². The molecule has 3 aromatic rings. The van der Waals surface area contributed by atoms with Gasteiger partial charge in [-0.15, -0.1) is 0 Å².